The molecule has 2 fully saturated rings. The fourth-order valence-electron chi connectivity index (χ4n) is 5.03. The average Bonchev–Trinajstić information content (AvgIpc) is 3.14. The van der Waals surface area contributed by atoms with Gasteiger partial charge in [-0.15, -0.1) is 0 Å². The number of rotatable bonds is 7. The molecule has 2 aliphatic heterocycles. The Morgan fingerprint density at radius 2 is 1.87 bits per heavy atom. The summed E-state index contributed by atoms with van der Waals surface area (Å²) in [6.07, 6.45) is 4.62. The van der Waals surface area contributed by atoms with Crippen LogP contribution in [0.25, 0.3) is 11.0 Å². The summed E-state index contributed by atoms with van der Waals surface area (Å²) in [4.78, 5) is 25.2. The van der Waals surface area contributed by atoms with Gasteiger partial charge in [0.1, 0.15) is 5.82 Å². The summed E-state index contributed by atoms with van der Waals surface area (Å²) in [5, 5.41) is 0. The Hall–Kier alpha value is -1.92. The van der Waals surface area contributed by atoms with E-state index in [1.165, 1.54) is 24.9 Å². The molecule has 0 saturated carbocycles. The van der Waals surface area contributed by atoms with Crippen LogP contribution in [-0.4, -0.2) is 76.0 Å². The van der Waals surface area contributed by atoms with E-state index in [4.69, 9.17) is 4.98 Å². The molecule has 0 N–H and O–H groups in total. The summed E-state index contributed by atoms with van der Waals surface area (Å²) in [5.41, 5.74) is 2.28. The second kappa shape index (κ2) is 9.92. The number of para-hydroxylation sites is 2. The van der Waals surface area contributed by atoms with Gasteiger partial charge in [-0.1, -0.05) is 25.5 Å². The van der Waals surface area contributed by atoms with Crippen molar-refractivity contribution in [3.05, 3.63) is 30.1 Å². The SMILES string of the molecule is CCCCN1CCN(C(=O)[C@H]2CCCN(Cc3nc4ccccc4n3CC)C2)CC1. The van der Waals surface area contributed by atoms with Gasteiger partial charge in [0.25, 0.3) is 0 Å². The summed E-state index contributed by atoms with van der Waals surface area (Å²) in [6.45, 7) is 13.1. The number of benzene rings is 1. The van der Waals surface area contributed by atoms with E-state index in [-0.39, 0.29) is 5.92 Å². The smallest absolute Gasteiger partial charge is 0.227 e. The highest BCUT2D eigenvalue weighted by Gasteiger charge is 2.31. The summed E-state index contributed by atoms with van der Waals surface area (Å²) in [6, 6.07) is 8.37. The highest BCUT2D eigenvalue weighted by Crippen LogP contribution is 2.23. The molecule has 2 aromatic rings. The molecule has 6 heteroatoms. The van der Waals surface area contributed by atoms with Gasteiger partial charge in [-0.25, -0.2) is 4.98 Å². The van der Waals surface area contributed by atoms with E-state index in [2.05, 4.69) is 57.4 Å². The molecule has 6 nitrogen and oxygen atoms in total. The Balaban J connectivity index is 1.35. The lowest BCUT2D eigenvalue weighted by Gasteiger charge is -2.39. The second-order valence-electron chi connectivity index (χ2n) is 8.86. The first kappa shape index (κ1) is 21.3. The molecule has 1 aromatic heterocycles. The van der Waals surface area contributed by atoms with Crippen LogP contribution in [0.1, 0.15) is 45.4 Å². The zero-order valence-electron chi connectivity index (χ0n) is 18.7. The number of hydrogen-bond donors (Lipinski definition) is 0. The van der Waals surface area contributed by atoms with Crippen molar-refractivity contribution in [1.82, 2.24) is 24.3 Å². The molecule has 30 heavy (non-hydrogen) atoms. The Bertz CT molecular complexity index is 839. The van der Waals surface area contributed by atoms with Crippen LogP contribution in [0, 0.1) is 5.92 Å². The lowest BCUT2D eigenvalue weighted by molar-refractivity contribution is -0.139. The largest absolute Gasteiger partial charge is 0.340 e. The number of aryl methyl sites for hydroxylation is 1. The Morgan fingerprint density at radius 1 is 1.07 bits per heavy atom. The summed E-state index contributed by atoms with van der Waals surface area (Å²) in [7, 11) is 0. The third-order valence-electron chi connectivity index (χ3n) is 6.78. The predicted molar refractivity (Wildman–Crippen MR) is 121 cm³/mol. The fraction of sp³-hybridized carbons (Fsp3) is 0.667. The number of carbonyl (C=O) groups is 1. The molecule has 2 aliphatic rings. The van der Waals surface area contributed by atoms with Crippen LogP contribution in [0.4, 0.5) is 0 Å². The molecule has 3 heterocycles. The number of carbonyl (C=O) groups excluding carboxylic acids is 1. The van der Waals surface area contributed by atoms with Gasteiger partial charge < -0.3 is 9.47 Å². The van der Waals surface area contributed by atoms with Gasteiger partial charge in [-0.3, -0.25) is 14.6 Å². The zero-order valence-corrected chi connectivity index (χ0v) is 18.7. The maximum absolute atomic E-state index is 13.2. The zero-order chi connectivity index (χ0) is 20.9. The van der Waals surface area contributed by atoms with Crippen LogP contribution in [0.15, 0.2) is 24.3 Å². The first-order valence-corrected chi connectivity index (χ1v) is 11.9. The maximum atomic E-state index is 13.2. The third kappa shape index (κ3) is 4.70. The molecule has 0 unspecified atom stereocenters. The highest BCUT2D eigenvalue weighted by molar-refractivity contribution is 5.79. The molecular formula is C24H37N5O. The van der Waals surface area contributed by atoms with Crippen molar-refractivity contribution in [1.29, 1.82) is 0 Å². The first-order valence-electron chi connectivity index (χ1n) is 11.9. The monoisotopic (exact) mass is 411 g/mol. The van der Waals surface area contributed by atoms with Crippen LogP contribution in [0.2, 0.25) is 0 Å². The van der Waals surface area contributed by atoms with Gasteiger partial charge in [0.05, 0.1) is 23.5 Å². The van der Waals surface area contributed by atoms with E-state index in [1.54, 1.807) is 0 Å². The molecule has 0 spiro atoms. The third-order valence-corrected chi connectivity index (χ3v) is 6.78. The minimum atomic E-state index is 0.139. The van der Waals surface area contributed by atoms with E-state index in [0.717, 1.165) is 76.5 Å². The lowest BCUT2D eigenvalue weighted by atomic mass is 9.96. The molecule has 0 bridgehead atoms. The van der Waals surface area contributed by atoms with Crippen LogP contribution >= 0.6 is 0 Å². The summed E-state index contributed by atoms with van der Waals surface area (Å²) in [5.74, 6) is 1.63. The van der Waals surface area contributed by atoms with Gasteiger partial charge in [-0.2, -0.15) is 0 Å². The van der Waals surface area contributed by atoms with Crippen molar-refractivity contribution in [2.45, 2.75) is 52.6 Å². The minimum Gasteiger partial charge on any atom is -0.340 e. The summed E-state index contributed by atoms with van der Waals surface area (Å²) < 4.78 is 2.32. The molecule has 0 radical (unpaired) electrons. The number of fused-ring (bicyclic) bond motifs is 1. The van der Waals surface area contributed by atoms with Gasteiger partial charge >= 0.3 is 0 Å². The number of unbranched alkanes of at least 4 members (excludes halogenated alkanes) is 1. The van der Waals surface area contributed by atoms with Crippen molar-refractivity contribution in [2.75, 3.05) is 45.8 Å². The topological polar surface area (TPSA) is 44.6 Å². The van der Waals surface area contributed by atoms with Crippen molar-refractivity contribution in [2.24, 2.45) is 5.92 Å². The molecule has 1 amide bonds. The van der Waals surface area contributed by atoms with E-state index in [0.29, 0.717) is 5.91 Å². The van der Waals surface area contributed by atoms with Crippen molar-refractivity contribution >= 4 is 16.9 Å². The van der Waals surface area contributed by atoms with E-state index in [1.807, 2.05) is 0 Å². The van der Waals surface area contributed by atoms with E-state index < -0.39 is 0 Å². The van der Waals surface area contributed by atoms with E-state index >= 15 is 0 Å². The van der Waals surface area contributed by atoms with Crippen molar-refractivity contribution < 1.29 is 4.79 Å². The molecule has 164 valence electrons. The Labute approximate surface area is 180 Å². The predicted octanol–water partition coefficient (Wildman–Crippen LogP) is 3.21. The standard InChI is InChI=1S/C24H37N5O/c1-3-5-12-26-14-16-28(17-15-26)24(30)20-9-8-13-27(18-20)19-23-25-21-10-6-7-11-22(21)29(23)4-2/h6-7,10-11,20H,3-5,8-9,12-19H2,1-2H3/t20-/m0/s1. The number of nitrogens with zero attached hydrogens (tertiary/aromatic N) is 5. The van der Waals surface area contributed by atoms with Gasteiger partial charge in [0.2, 0.25) is 5.91 Å². The lowest BCUT2D eigenvalue weighted by Crippen LogP contribution is -2.52. The highest BCUT2D eigenvalue weighted by atomic mass is 16.2. The van der Waals surface area contributed by atoms with Crippen LogP contribution in [-0.2, 0) is 17.9 Å². The fourth-order valence-corrected chi connectivity index (χ4v) is 5.03. The number of hydrogen-bond acceptors (Lipinski definition) is 4. The van der Waals surface area contributed by atoms with Crippen LogP contribution in [0.3, 0.4) is 0 Å². The molecule has 2 saturated heterocycles. The number of aromatic nitrogens is 2. The van der Waals surface area contributed by atoms with Crippen LogP contribution < -0.4 is 0 Å². The number of imidazole rings is 1. The van der Waals surface area contributed by atoms with Crippen LogP contribution in [0.5, 0.6) is 0 Å². The Morgan fingerprint density at radius 3 is 2.63 bits per heavy atom. The molecular weight excluding hydrogens is 374 g/mol. The maximum Gasteiger partial charge on any atom is 0.227 e. The molecule has 1 atom stereocenters. The molecule has 0 aliphatic carbocycles. The first-order chi connectivity index (χ1) is 14.7. The van der Waals surface area contributed by atoms with Gasteiger partial charge in [0.15, 0.2) is 0 Å². The quantitative estimate of drug-likeness (QED) is 0.702. The average molecular weight is 412 g/mol. The minimum absolute atomic E-state index is 0.139. The van der Waals surface area contributed by atoms with Crippen molar-refractivity contribution in [3.8, 4) is 0 Å². The molecule has 1 aromatic carbocycles. The van der Waals surface area contributed by atoms with E-state index in [9.17, 15) is 4.79 Å². The number of likely N-dealkylation sites (tertiary alicyclic amines) is 1. The number of piperazine rings is 1. The normalized spacial score (nSPS) is 21.4. The second-order valence-corrected chi connectivity index (χ2v) is 8.86. The van der Waals surface area contributed by atoms with Gasteiger partial charge in [-0.05, 0) is 51.4 Å². The number of piperidine rings is 1. The van der Waals surface area contributed by atoms with Gasteiger partial charge in [0, 0.05) is 39.3 Å². The van der Waals surface area contributed by atoms with Crippen molar-refractivity contribution in [3.63, 3.8) is 0 Å². The molecule has 4 rings (SSSR count). The summed E-state index contributed by atoms with van der Waals surface area (Å²) >= 11 is 0. The number of amides is 1. The Kier molecular flexibility index (Phi) is 7.05.